The van der Waals surface area contributed by atoms with Crippen LogP contribution in [0, 0.1) is 5.92 Å². The fraction of sp³-hybridized carbons (Fsp3) is 0.316. The second-order valence-electron chi connectivity index (χ2n) is 5.89. The van der Waals surface area contributed by atoms with Crippen LogP contribution in [0.3, 0.4) is 0 Å². The smallest absolute Gasteiger partial charge is 0.308 e. The lowest BCUT2D eigenvalue weighted by atomic mass is 9.99. The molecule has 1 amide bonds. The normalized spacial score (nSPS) is 11.6. The molecule has 0 aliphatic rings. The highest BCUT2D eigenvalue weighted by molar-refractivity contribution is 5.94. The van der Waals surface area contributed by atoms with Gasteiger partial charge in [0.2, 0.25) is 5.56 Å². The molecule has 0 aliphatic carbocycles. The van der Waals surface area contributed by atoms with Gasteiger partial charge in [-0.25, -0.2) is 0 Å². The molecular weight excluding hydrogens is 336 g/mol. The van der Waals surface area contributed by atoms with Gasteiger partial charge >= 0.3 is 5.97 Å². The van der Waals surface area contributed by atoms with Crippen molar-refractivity contribution in [1.82, 2.24) is 9.88 Å². The van der Waals surface area contributed by atoms with E-state index in [2.05, 4.69) is 5.32 Å². The molecular formula is C19H22N2O5. The molecule has 138 valence electrons. The second-order valence-corrected chi connectivity index (χ2v) is 5.89. The van der Waals surface area contributed by atoms with Crippen LogP contribution in [-0.2, 0) is 18.3 Å². The van der Waals surface area contributed by atoms with Gasteiger partial charge in [0.15, 0.2) is 0 Å². The molecule has 0 aliphatic heterocycles. The van der Waals surface area contributed by atoms with Gasteiger partial charge in [0.1, 0.15) is 5.75 Å². The van der Waals surface area contributed by atoms with Gasteiger partial charge < -0.3 is 19.7 Å². The zero-order valence-corrected chi connectivity index (χ0v) is 14.8. The second kappa shape index (κ2) is 8.84. The Hall–Kier alpha value is -3.09. The van der Waals surface area contributed by atoms with Crippen molar-refractivity contribution in [2.24, 2.45) is 13.0 Å². The van der Waals surface area contributed by atoms with E-state index in [1.807, 2.05) is 19.1 Å². The van der Waals surface area contributed by atoms with Crippen molar-refractivity contribution in [3.63, 3.8) is 0 Å². The van der Waals surface area contributed by atoms with Crippen molar-refractivity contribution in [2.45, 2.75) is 13.3 Å². The maximum atomic E-state index is 12.2. The Morgan fingerprint density at radius 2 is 1.88 bits per heavy atom. The van der Waals surface area contributed by atoms with Gasteiger partial charge in [-0.15, -0.1) is 0 Å². The lowest BCUT2D eigenvalue weighted by Gasteiger charge is -2.14. The number of nitrogens with one attached hydrogen (secondary N) is 1. The van der Waals surface area contributed by atoms with Gasteiger partial charge in [0.25, 0.3) is 5.91 Å². The number of aryl methyl sites for hydroxylation is 1. The number of aliphatic carboxylic acids is 1. The largest absolute Gasteiger partial charge is 0.494 e. The number of hydrogen-bond acceptors (Lipinski definition) is 4. The number of hydrogen-bond donors (Lipinski definition) is 2. The van der Waals surface area contributed by atoms with Crippen molar-refractivity contribution in [2.75, 3.05) is 13.2 Å². The molecule has 1 aromatic carbocycles. The molecule has 7 nitrogen and oxygen atoms in total. The van der Waals surface area contributed by atoms with E-state index >= 15 is 0 Å². The maximum Gasteiger partial charge on any atom is 0.308 e. The third-order valence-corrected chi connectivity index (χ3v) is 3.92. The highest BCUT2D eigenvalue weighted by Crippen LogP contribution is 2.15. The molecule has 7 heteroatoms. The van der Waals surface area contributed by atoms with Gasteiger partial charge in [-0.1, -0.05) is 12.1 Å². The third-order valence-electron chi connectivity index (χ3n) is 3.92. The maximum absolute atomic E-state index is 12.2. The van der Waals surface area contributed by atoms with Crippen LogP contribution in [0.2, 0.25) is 0 Å². The minimum atomic E-state index is -0.986. The van der Waals surface area contributed by atoms with Crippen LogP contribution in [0.5, 0.6) is 5.75 Å². The summed E-state index contributed by atoms with van der Waals surface area (Å²) in [4.78, 5) is 35.0. The molecule has 1 heterocycles. The van der Waals surface area contributed by atoms with E-state index in [9.17, 15) is 19.5 Å². The summed E-state index contributed by atoms with van der Waals surface area (Å²) in [5, 5.41) is 12.0. The number of carboxylic acid groups (broad SMARTS) is 1. The van der Waals surface area contributed by atoms with Gasteiger partial charge in [0.05, 0.1) is 18.1 Å². The van der Waals surface area contributed by atoms with Crippen molar-refractivity contribution in [3.8, 4) is 5.75 Å². The first-order valence-corrected chi connectivity index (χ1v) is 8.30. The van der Waals surface area contributed by atoms with Gasteiger partial charge in [-0.3, -0.25) is 14.4 Å². The fourth-order valence-corrected chi connectivity index (χ4v) is 2.47. The summed E-state index contributed by atoms with van der Waals surface area (Å²) in [5.74, 6) is -1.44. The average Bonchev–Trinajstić information content (AvgIpc) is 2.62. The SMILES string of the molecule is CCOc1ccc(C[C@H](CNC(=O)c2ccc(=O)n(C)c2)C(=O)O)cc1. The Morgan fingerprint density at radius 1 is 1.19 bits per heavy atom. The summed E-state index contributed by atoms with van der Waals surface area (Å²) < 4.78 is 6.66. The van der Waals surface area contributed by atoms with Gasteiger partial charge in [0, 0.05) is 25.9 Å². The number of benzene rings is 1. The number of pyridine rings is 1. The lowest BCUT2D eigenvalue weighted by molar-refractivity contribution is -0.141. The van der Waals surface area contributed by atoms with Crippen molar-refractivity contribution in [1.29, 1.82) is 0 Å². The summed E-state index contributed by atoms with van der Waals surface area (Å²) in [6, 6.07) is 9.93. The first-order chi connectivity index (χ1) is 12.4. The lowest BCUT2D eigenvalue weighted by Crippen LogP contribution is -2.34. The van der Waals surface area contributed by atoms with Crippen LogP contribution >= 0.6 is 0 Å². The number of aromatic nitrogens is 1. The summed E-state index contributed by atoms with van der Waals surface area (Å²) in [7, 11) is 1.55. The predicted octanol–water partition coefficient (Wildman–Crippen LogP) is 1.46. The molecule has 0 unspecified atom stereocenters. The number of amides is 1. The first-order valence-electron chi connectivity index (χ1n) is 8.30. The van der Waals surface area contributed by atoms with Crippen LogP contribution in [-0.4, -0.2) is 34.7 Å². The summed E-state index contributed by atoms with van der Waals surface area (Å²) in [6.45, 7) is 2.44. The molecule has 0 bridgehead atoms. The van der Waals surface area contributed by atoms with E-state index in [1.165, 1.54) is 22.9 Å². The molecule has 26 heavy (non-hydrogen) atoms. The zero-order valence-electron chi connectivity index (χ0n) is 14.8. The third kappa shape index (κ3) is 5.20. The average molecular weight is 358 g/mol. The predicted molar refractivity (Wildman–Crippen MR) is 96.5 cm³/mol. The Kier molecular flexibility index (Phi) is 6.54. The van der Waals surface area contributed by atoms with E-state index in [0.29, 0.717) is 12.2 Å². The molecule has 0 spiro atoms. The highest BCUT2D eigenvalue weighted by atomic mass is 16.5. The number of ether oxygens (including phenoxy) is 1. The Balaban J connectivity index is 1.99. The van der Waals surface area contributed by atoms with Crippen LogP contribution in [0.1, 0.15) is 22.8 Å². The van der Waals surface area contributed by atoms with Crippen LogP contribution in [0.25, 0.3) is 0 Å². The first kappa shape index (κ1) is 19.2. The Labute approximate surface area is 151 Å². The van der Waals surface area contributed by atoms with Crippen LogP contribution in [0.15, 0.2) is 47.4 Å². The molecule has 0 fully saturated rings. The van der Waals surface area contributed by atoms with E-state index in [4.69, 9.17) is 4.74 Å². The topological polar surface area (TPSA) is 97.6 Å². The molecule has 2 aromatic rings. The molecule has 2 N–H and O–H groups in total. The molecule has 0 radical (unpaired) electrons. The van der Waals surface area contributed by atoms with E-state index in [1.54, 1.807) is 19.2 Å². The molecule has 0 saturated heterocycles. The Bertz CT molecular complexity index is 827. The molecule has 0 saturated carbocycles. The quantitative estimate of drug-likeness (QED) is 0.744. The Morgan fingerprint density at radius 3 is 2.46 bits per heavy atom. The summed E-state index contributed by atoms with van der Waals surface area (Å²) in [5.41, 5.74) is 0.926. The van der Waals surface area contributed by atoms with Gasteiger partial charge in [-0.2, -0.15) is 0 Å². The molecule has 1 atom stereocenters. The fourth-order valence-electron chi connectivity index (χ4n) is 2.47. The number of nitrogens with zero attached hydrogens (tertiary/aromatic N) is 1. The standard InChI is InChI=1S/C19H22N2O5/c1-3-26-16-7-4-13(5-8-16)10-15(19(24)25)11-20-18(23)14-6-9-17(22)21(2)12-14/h4-9,12,15H,3,10-11H2,1-2H3,(H,20,23)(H,24,25)/t15-/m1/s1. The van der Waals surface area contributed by atoms with E-state index in [0.717, 1.165) is 11.3 Å². The summed E-state index contributed by atoms with van der Waals surface area (Å²) >= 11 is 0. The molecule has 2 rings (SSSR count). The molecule has 1 aromatic heterocycles. The highest BCUT2D eigenvalue weighted by Gasteiger charge is 2.19. The number of rotatable bonds is 8. The zero-order chi connectivity index (χ0) is 19.1. The number of carbonyl (C=O) groups is 2. The van der Waals surface area contributed by atoms with E-state index < -0.39 is 17.8 Å². The van der Waals surface area contributed by atoms with Crippen LogP contribution in [0.4, 0.5) is 0 Å². The van der Waals surface area contributed by atoms with Crippen molar-refractivity contribution >= 4 is 11.9 Å². The minimum absolute atomic E-state index is 0.00970. The van der Waals surface area contributed by atoms with Gasteiger partial charge in [-0.05, 0) is 37.1 Å². The van der Waals surface area contributed by atoms with Crippen molar-refractivity contribution in [3.05, 3.63) is 64.1 Å². The monoisotopic (exact) mass is 358 g/mol. The van der Waals surface area contributed by atoms with Crippen molar-refractivity contribution < 1.29 is 19.4 Å². The number of carbonyl (C=O) groups excluding carboxylic acids is 1. The number of carboxylic acids is 1. The minimum Gasteiger partial charge on any atom is -0.494 e. The van der Waals surface area contributed by atoms with E-state index in [-0.39, 0.29) is 18.5 Å². The van der Waals surface area contributed by atoms with Crippen LogP contribution < -0.4 is 15.6 Å². The summed E-state index contributed by atoms with van der Waals surface area (Å²) in [6.07, 6.45) is 1.70.